The number of methoxy groups -OCH3 is 1. The lowest BCUT2D eigenvalue weighted by Crippen LogP contribution is -2.23. The van der Waals surface area contributed by atoms with Gasteiger partial charge in [0.1, 0.15) is 5.75 Å². The van der Waals surface area contributed by atoms with Gasteiger partial charge in [0, 0.05) is 30.2 Å². The minimum atomic E-state index is -0.181. The molecule has 0 unspecified atom stereocenters. The Balaban J connectivity index is 1.84. The van der Waals surface area contributed by atoms with Gasteiger partial charge in [0.2, 0.25) is 0 Å². The van der Waals surface area contributed by atoms with Crippen molar-refractivity contribution in [1.82, 2.24) is 9.55 Å². The Kier molecular flexibility index (Phi) is 5.37. The van der Waals surface area contributed by atoms with E-state index in [2.05, 4.69) is 36.3 Å². The molecule has 0 radical (unpaired) electrons. The number of benzene rings is 2. The summed E-state index contributed by atoms with van der Waals surface area (Å²) in [6, 6.07) is 15.7. The van der Waals surface area contributed by atoms with Crippen molar-refractivity contribution in [2.75, 3.05) is 12.4 Å². The Labute approximate surface area is 153 Å². The highest BCUT2D eigenvalue weighted by Gasteiger charge is 2.08. The fourth-order valence-electron chi connectivity index (χ4n) is 2.78. The van der Waals surface area contributed by atoms with E-state index in [1.807, 2.05) is 36.4 Å². The van der Waals surface area contributed by atoms with Gasteiger partial charge < -0.3 is 10.1 Å². The number of para-hydroxylation sites is 1. The molecule has 5 heteroatoms. The fourth-order valence-corrected chi connectivity index (χ4v) is 2.78. The molecule has 0 saturated heterocycles. The number of anilines is 1. The maximum Gasteiger partial charge on any atom is 0.297 e. The van der Waals surface area contributed by atoms with E-state index in [1.165, 1.54) is 5.56 Å². The molecule has 26 heavy (non-hydrogen) atoms. The SMILES string of the molecule is COc1ccccc1CNc1nccn(-c2ccc(C(C)C)cc2)c1=O. The van der Waals surface area contributed by atoms with Crippen molar-refractivity contribution >= 4 is 5.82 Å². The minimum Gasteiger partial charge on any atom is -0.496 e. The average molecular weight is 349 g/mol. The normalized spacial score (nSPS) is 10.8. The molecule has 5 nitrogen and oxygen atoms in total. The van der Waals surface area contributed by atoms with Crippen LogP contribution in [0.4, 0.5) is 5.82 Å². The summed E-state index contributed by atoms with van der Waals surface area (Å²) in [4.78, 5) is 17.0. The highest BCUT2D eigenvalue weighted by atomic mass is 16.5. The molecular formula is C21H23N3O2. The molecule has 1 N–H and O–H groups in total. The van der Waals surface area contributed by atoms with Crippen molar-refractivity contribution in [2.45, 2.75) is 26.3 Å². The summed E-state index contributed by atoms with van der Waals surface area (Å²) in [6.07, 6.45) is 3.31. The second kappa shape index (κ2) is 7.87. The van der Waals surface area contributed by atoms with Crippen LogP contribution in [0.2, 0.25) is 0 Å². The van der Waals surface area contributed by atoms with Gasteiger partial charge >= 0.3 is 0 Å². The smallest absolute Gasteiger partial charge is 0.297 e. The lowest BCUT2D eigenvalue weighted by atomic mass is 10.0. The van der Waals surface area contributed by atoms with Gasteiger partial charge in [-0.1, -0.05) is 44.2 Å². The van der Waals surface area contributed by atoms with Crippen molar-refractivity contribution in [2.24, 2.45) is 0 Å². The second-order valence-corrected chi connectivity index (χ2v) is 6.36. The molecule has 1 heterocycles. The molecule has 0 amide bonds. The van der Waals surface area contributed by atoms with Crippen LogP contribution < -0.4 is 15.6 Å². The van der Waals surface area contributed by atoms with E-state index in [0.29, 0.717) is 18.3 Å². The van der Waals surface area contributed by atoms with E-state index in [4.69, 9.17) is 4.74 Å². The topological polar surface area (TPSA) is 56.1 Å². The first-order valence-corrected chi connectivity index (χ1v) is 8.64. The number of nitrogens with zero attached hydrogens (tertiary/aromatic N) is 2. The molecule has 3 aromatic rings. The summed E-state index contributed by atoms with van der Waals surface area (Å²) in [5.41, 5.74) is 2.85. The van der Waals surface area contributed by atoms with Gasteiger partial charge in [0.15, 0.2) is 5.82 Å². The van der Waals surface area contributed by atoms with Crippen LogP contribution >= 0.6 is 0 Å². The zero-order chi connectivity index (χ0) is 18.5. The third-order valence-corrected chi connectivity index (χ3v) is 4.32. The Hall–Kier alpha value is -3.08. The van der Waals surface area contributed by atoms with Gasteiger partial charge in [-0.25, -0.2) is 4.98 Å². The molecule has 0 atom stereocenters. The van der Waals surface area contributed by atoms with Gasteiger partial charge in [0.05, 0.1) is 7.11 Å². The lowest BCUT2D eigenvalue weighted by molar-refractivity contribution is 0.410. The van der Waals surface area contributed by atoms with E-state index >= 15 is 0 Å². The number of rotatable bonds is 6. The Morgan fingerprint density at radius 1 is 1.12 bits per heavy atom. The van der Waals surface area contributed by atoms with Crippen LogP contribution in [-0.2, 0) is 6.54 Å². The summed E-state index contributed by atoms with van der Waals surface area (Å²) < 4.78 is 6.94. The number of hydrogen-bond donors (Lipinski definition) is 1. The molecule has 2 aromatic carbocycles. The van der Waals surface area contributed by atoms with Crippen LogP contribution in [0, 0.1) is 0 Å². The molecule has 0 fully saturated rings. The Bertz CT molecular complexity index is 930. The molecule has 3 rings (SSSR count). The highest BCUT2D eigenvalue weighted by Crippen LogP contribution is 2.18. The third kappa shape index (κ3) is 3.77. The zero-order valence-corrected chi connectivity index (χ0v) is 15.3. The first-order chi connectivity index (χ1) is 12.6. The monoisotopic (exact) mass is 349 g/mol. The molecule has 0 aliphatic carbocycles. The van der Waals surface area contributed by atoms with Crippen molar-refractivity contribution in [1.29, 1.82) is 0 Å². The predicted molar refractivity (Wildman–Crippen MR) is 104 cm³/mol. The van der Waals surface area contributed by atoms with Crippen LogP contribution in [0.25, 0.3) is 5.69 Å². The van der Waals surface area contributed by atoms with Crippen molar-refractivity contribution in [3.63, 3.8) is 0 Å². The Morgan fingerprint density at radius 2 is 1.85 bits per heavy atom. The summed E-state index contributed by atoms with van der Waals surface area (Å²) in [5.74, 6) is 1.54. The molecule has 1 aromatic heterocycles. The highest BCUT2D eigenvalue weighted by molar-refractivity contribution is 5.42. The van der Waals surface area contributed by atoms with Crippen LogP contribution in [0.5, 0.6) is 5.75 Å². The van der Waals surface area contributed by atoms with Gasteiger partial charge in [-0.15, -0.1) is 0 Å². The van der Waals surface area contributed by atoms with Crippen molar-refractivity contribution in [3.05, 3.63) is 82.4 Å². The van der Waals surface area contributed by atoms with Gasteiger partial charge in [-0.05, 0) is 29.7 Å². The van der Waals surface area contributed by atoms with E-state index in [0.717, 1.165) is 17.0 Å². The Morgan fingerprint density at radius 3 is 2.54 bits per heavy atom. The largest absolute Gasteiger partial charge is 0.496 e. The first kappa shape index (κ1) is 17.7. The molecular weight excluding hydrogens is 326 g/mol. The molecule has 0 bridgehead atoms. The van der Waals surface area contributed by atoms with Gasteiger partial charge in [-0.2, -0.15) is 0 Å². The third-order valence-electron chi connectivity index (χ3n) is 4.32. The van der Waals surface area contributed by atoms with Gasteiger partial charge in [-0.3, -0.25) is 9.36 Å². The number of nitrogens with one attached hydrogen (secondary N) is 1. The average Bonchev–Trinajstić information content (AvgIpc) is 2.67. The molecule has 0 aliphatic rings. The summed E-state index contributed by atoms with van der Waals surface area (Å²) in [6.45, 7) is 4.75. The first-order valence-electron chi connectivity index (χ1n) is 8.64. The van der Waals surface area contributed by atoms with Crippen LogP contribution in [0.15, 0.2) is 65.7 Å². The molecule has 0 aliphatic heterocycles. The molecule has 0 spiro atoms. The summed E-state index contributed by atoms with van der Waals surface area (Å²) in [5, 5.41) is 3.12. The lowest BCUT2D eigenvalue weighted by Gasteiger charge is -2.12. The van der Waals surface area contributed by atoms with Crippen LogP contribution in [-0.4, -0.2) is 16.7 Å². The second-order valence-electron chi connectivity index (χ2n) is 6.36. The predicted octanol–water partition coefficient (Wildman–Crippen LogP) is 3.98. The molecule has 134 valence electrons. The summed E-state index contributed by atoms with van der Waals surface area (Å²) in [7, 11) is 1.63. The fraction of sp³-hybridized carbons (Fsp3) is 0.238. The van der Waals surface area contributed by atoms with E-state index in [-0.39, 0.29) is 5.56 Å². The molecule has 0 saturated carbocycles. The number of hydrogen-bond acceptors (Lipinski definition) is 4. The van der Waals surface area contributed by atoms with Crippen LogP contribution in [0.1, 0.15) is 30.9 Å². The quantitative estimate of drug-likeness (QED) is 0.731. The number of aromatic nitrogens is 2. The maximum absolute atomic E-state index is 12.8. The van der Waals surface area contributed by atoms with Crippen LogP contribution in [0.3, 0.4) is 0 Å². The van der Waals surface area contributed by atoms with Crippen molar-refractivity contribution < 1.29 is 4.74 Å². The summed E-state index contributed by atoms with van der Waals surface area (Å²) >= 11 is 0. The zero-order valence-electron chi connectivity index (χ0n) is 15.3. The standard InChI is InChI=1S/C21H23N3O2/c1-15(2)16-8-10-18(11-9-16)24-13-12-22-20(21(24)25)23-14-17-6-4-5-7-19(17)26-3/h4-13,15H,14H2,1-3H3,(H,22,23). The number of ether oxygens (including phenoxy) is 1. The van der Waals surface area contributed by atoms with E-state index in [9.17, 15) is 4.79 Å². The minimum absolute atomic E-state index is 0.181. The van der Waals surface area contributed by atoms with Crippen molar-refractivity contribution in [3.8, 4) is 11.4 Å². The van der Waals surface area contributed by atoms with E-state index in [1.54, 1.807) is 24.1 Å². The van der Waals surface area contributed by atoms with Gasteiger partial charge in [0.25, 0.3) is 5.56 Å². The maximum atomic E-state index is 12.8. The van der Waals surface area contributed by atoms with E-state index < -0.39 is 0 Å².